The SMILES string of the molecule is NC(=O)CCC(NC=O)C(=O)NC(c1ccccc1)c1ccccc1. The van der Waals surface area contributed by atoms with E-state index in [1.54, 1.807) is 0 Å². The molecule has 25 heavy (non-hydrogen) atoms. The van der Waals surface area contributed by atoms with Gasteiger partial charge in [-0.25, -0.2) is 0 Å². The number of primary amides is 1. The quantitative estimate of drug-likeness (QED) is 0.600. The molecule has 0 heterocycles. The Labute approximate surface area is 146 Å². The summed E-state index contributed by atoms with van der Waals surface area (Å²) < 4.78 is 0. The highest BCUT2D eigenvalue weighted by Gasteiger charge is 2.23. The molecule has 1 atom stereocenters. The third kappa shape index (κ3) is 5.46. The second kappa shape index (κ2) is 9.22. The van der Waals surface area contributed by atoms with Gasteiger partial charge in [-0.2, -0.15) is 0 Å². The Morgan fingerprint density at radius 2 is 1.48 bits per heavy atom. The maximum absolute atomic E-state index is 12.6. The molecule has 0 fully saturated rings. The largest absolute Gasteiger partial charge is 0.370 e. The molecule has 6 heteroatoms. The third-order valence-corrected chi connectivity index (χ3v) is 3.82. The number of benzene rings is 2. The molecule has 0 aliphatic heterocycles. The van der Waals surface area contributed by atoms with Gasteiger partial charge < -0.3 is 16.4 Å². The molecular weight excluding hydrogens is 318 g/mol. The molecule has 0 aromatic heterocycles. The number of amides is 3. The number of nitrogens with two attached hydrogens (primary N) is 1. The van der Waals surface area contributed by atoms with Crippen LogP contribution >= 0.6 is 0 Å². The lowest BCUT2D eigenvalue weighted by Crippen LogP contribution is -2.45. The van der Waals surface area contributed by atoms with Crippen LogP contribution in [0.2, 0.25) is 0 Å². The van der Waals surface area contributed by atoms with Crippen molar-refractivity contribution in [2.24, 2.45) is 5.73 Å². The molecular formula is C19H21N3O3. The lowest BCUT2D eigenvalue weighted by atomic mass is 9.98. The highest BCUT2D eigenvalue weighted by atomic mass is 16.2. The van der Waals surface area contributed by atoms with Crippen molar-refractivity contribution in [3.63, 3.8) is 0 Å². The van der Waals surface area contributed by atoms with E-state index in [1.165, 1.54) is 0 Å². The van der Waals surface area contributed by atoms with Crippen molar-refractivity contribution in [1.29, 1.82) is 0 Å². The summed E-state index contributed by atoms with van der Waals surface area (Å²) in [4.78, 5) is 34.4. The first kappa shape index (κ1) is 18.2. The van der Waals surface area contributed by atoms with Crippen molar-refractivity contribution < 1.29 is 14.4 Å². The normalized spacial score (nSPS) is 11.6. The third-order valence-electron chi connectivity index (χ3n) is 3.82. The molecule has 0 aliphatic rings. The zero-order chi connectivity index (χ0) is 18.1. The maximum atomic E-state index is 12.6. The zero-order valence-corrected chi connectivity index (χ0v) is 13.7. The highest BCUT2D eigenvalue weighted by molar-refractivity contribution is 5.85. The second-order valence-corrected chi connectivity index (χ2v) is 5.61. The predicted octanol–water partition coefficient (Wildman–Crippen LogP) is 1.27. The van der Waals surface area contributed by atoms with Crippen molar-refractivity contribution in [2.75, 3.05) is 0 Å². The average Bonchev–Trinajstić information content (AvgIpc) is 2.64. The first-order chi connectivity index (χ1) is 12.1. The molecule has 6 nitrogen and oxygen atoms in total. The van der Waals surface area contributed by atoms with Gasteiger partial charge in [0.25, 0.3) is 0 Å². The minimum Gasteiger partial charge on any atom is -0.370 e. The average molecular weight is 339 g/mol. The van der Waals surface area contributed by atoms with Gasteiger partial charge in [-0.3, -0.25) is 14.4 Å². The zero-order valence-electron chi connectivity index (χ0n) is 13.7. The molecule has 130 valence electrons. The molecule has 4 N–H and O–H groups in total. The van der Waals surface area contributed by atoms with E-state index < -0.39 is 11.9 Å². The second-order valence-electron chi connectivity index (χ2n) is 5.61. The Balaban J connectivity index is 2.21. The fourth-order valence-electron chi connectivity index (χ4n) is 2.55. The Morgan fingerprint density at radius 3 is 1.92 bits per heavy atom. The minimum absolute atomic E-state index is 0.0142. The summed E-state index contributed by atoms with van der Waals surface area (Å²) in [6.07, 6.45) is 0.613. The van der Waals surface area contributed by atoms with Crippen LogP contribution in [-0.4, -0.2) is 24.3 Å². The Hall–Kier alpha value is -3.15. The van der Waals surface area contributed by atoms with E-state index in [9.17, 15) is 14.4 Å². The summed E-state index contributed by atoms with van der Waals surface area (Å²) in [5, 5.41) is 5.39. The maximum Gasteiger partial charge on any atom is 0.243 e. The van der Waals surface area contributed by atoms with Crippen LogP contribution in [0, 0.1) is 0 Å². The van der Waals surface area contributed by atoms with Crippen molar-refractivity contribution >= 4 is 18.2 Å². The van der Waals surface area contributed by atoms with Gasteiger partial charge in [0.15, 0.2) is 0 Å². The van der Waals surface area contributed by atoms with Gasteiger partial charge in [0.05, 0.1) is 6.04 Å². The lowest BCUT2D eigenvalue weighted by molar-refractivity contribution is -0.126. The summed E-state index contributed by atoms with van der Waals surface area (Å²) in [7, 11) is 0. The monoisotopic (exact) mass is 339 g/mol. The Bertz CT molecular complexity index is 665. The Kier molecular flexibility index (Phi) is 6.71. The van der Waals surface area contributed by atoms with E-state index in [-0.39, 0.29) is 24.8 Å². The molecule has 0 radical (unpaired) electrons. The van der Waals surface area contributed by atoms with Crippen LogP contribution < -0.4 is 16.4 Å². The fraction of sp³-hybridized carbons (Fsp3) is 0.211. The van der Waals surface area contributed by atoms with Gasteiger partial charge in [0.2, 0.25) is 18.2 Å². The van der Waals surface area contributed by atoms with E-state index in [0.29, 0.717) is 6.41 Å². The van der Waals surface area contributed by atoms with Crippen LogP contribution in [0.5, 0.6) is 0 Å². The summed E-state index contributed by atoms with van der Waals surface area (Å²) in [6, 6.07) is 17.9. The van der Waals surface area contributed by atoms with Crippen LogP contribution in [-0.2, 0) is 14.4 Å². The molecule has 2 rings (SSSR count). The molecule has 0 aliphatic carbocycles. The minimum atomic E-state index is -0.820. The molecule has 0 saturated heterocycles. The van der Waals surface area contributed by atoms with E-state index in [0.717, 1.165) is 11.1 Å². The summed E-state index contributed by atoms with van der Waals surface area (Å²) >= 11 is 0. The van der Waals surface area contributed by atoms with Gasteiger partial charge in [0, 0.05) is 6.42 Å². The number of rotatable bonds is 9. The molecule has 0 bridgehead atoms. The molecule has 1 unspecified atom stereocenters. The lowest BCUT2D eigenvalue weighted by Gasteiger charge is -2.23. The molecule has 3 amide bonds. The van der Waals surface area contributed by atoms with Crippen molar-refractivity contribution in [1.82, 2.24) is 10.6 Å². The van der Waals surface area contributed by atoms with Gasteiger partial charge in [-0.15, -0.1) is 0 Å². The van der Waals surface area contributed by atoms with E-state index in [1.807, 2.05) is 60.7 Å². The number of nitrogens with one attached hydrogen (secondary N) is 2. The van der Waals surface area contributed by atoms with Crippen LogP contribution in [0.15, 0.2) is 60.7 Å². The summed E-state index contributed by atoms with van der Waals surface area (Å²) in [5.74, 6) is -0.890. The summed E-state index contributed by atoms with van der Waals surface area (Å²) in [6.45, 7) is 0. The van der Waals surface area contributed by atoms with Crippen molar-refractivity contribution in [3.8, 4) is 0 Å². The molecule has 0 spiro atoms. The standard InChI is InChI=1S/C19H21N3O3/c20-17(24)12-11-16(21-13-23)19(25)22-18(14-7-3-1-4-8-14)15-9-5-2-6-10-15/h1-10,13,16,18H,11-12H2,(H2,20,24)(H,21,23)(H,22,25). The first-order valence-electron chi connectivity index (χ1n) is 8.00. The van der Waals surface area contributed by atoms with Crippen LogP contribution in [0.4, 0.5) is 0 Å². The molecule has 0 saturated carbocycles. The van der Waals surface area contributed by atoms with Crippen LogP contribution in [0.25, 0.3) is 0 Å². The Morgan fingerprint density at radius 1 is 0.960 bits per heavy atom. The van der Waals surface area contributed by atoms with E-state index >= 15 is 0 Å². The van der Waals surface area contributed by atoms with Gasteiger partial charge in [-0.05, 0) is 17.5 Å². The molecule has 2 aromatic carbocycles. The first-order valence-corrected chi connectivity index (χ1v) is 8.00. The van der Waals surface area contributed by atoms with Gasteiger partial charge in [0.1, 0.15) is 6.04 Å². The number of hydrogen-bond acceptors (Lipinski definition) is 3. The summed E-state index contributed by atoms with van der Waals surface area (Å²) in [5.41, 5.74) is 6.97. The molecule has 2 aromatic rings. The highest BCUT2D eigenvalue weighted by Crippen LogP contribution is 2.22. The predicted molar refractivity (Wildman–Crippen MR) is 94.3 cm³/mol. The topological polar surface area (TPSA) is 101 Å². The van der Waals surface area contributed by atoms with Crippen molar-refractivity contribution in [2.45, 2.75) is 24.9 Å². The van der Waals surface area contributed by atoms with E-state index in [2.05, 4.69) is 10.6 Å². The fourth-order valence-corrected chi connectivity index (χ4v) is 2.55. The number of carbonyl (C=O) groups is 3. The number of carbonyl (C=O) groups excluding carboxylic acids is 3. The van der Waals surface area contributed by atoms with Gasteiger partial charge in [-0.1, -0.05) is 60.7 Å². The number of hydrogen-bond donors (Lipinski definition) is 3. The van der Waals surface area contributed by atoms with Crippen LogP contribution in [0.3, 0.4) is 0 Å². The smallest absolute Gasteiger partial charge is 0.243 e. The van der Waals surface area contributed by atoms with E-state index in [4.69, 9.17) is 5.73 Å². The van der Waals surface area contributed by atoms with Crippen molar-refractivity contribution in [3.05, 3.63) is 71.8 Å². The van der Waals surface area contributed by atoms with Gasteiger partial charge >= 0.3 is 0 Å². The van der Waals surface area contributed by atoms with Crippen LogP contribution in [0.1, 0.15) is 30.0 Å².